The molecule has 1 rings (SSSR count). The Hall–Kier alpha value is 0.130. The van der Waals surface area contributed by atoms with Crippen molar-refractivity contribution in [1.29, 1.82) is 0 Å². The summed E-state index contributed by atoms with van der Waals surface area (Å²) < 4.78 is 29.2. The van der Waals surface area contributed by atoms with Crippen LogP contribution in [0, 0.1) is 6.92 Å². The van der Waals surface area contributed by atoms with Gasteiger partial charge in [0.25, 0.3) is 10.1 Å². The minimum atomic E-state index is -4.00. The zero-order valence-electron chi connectivity index (χ0n) is 13.4. The van der Waals surface area contributed by atoms with Crippen LogP contribution in [0.15, 0.2) is 35.2 Å². The number of hydrogen-bond donors (Lipinski definition) is 1. The standard InChI is InChI=1S/C10H21.C6H6O3S.Na/c1-3-5-7-9-10-8-6-4-2;7-10(8,9)6-4-2-1-3-5-6;/h1,3-10H2,2H3;1-5H,(H,7,8,9);/q-1;;+1. The average Bonchev–Trinajstić information content (AvgIpc) is 2.44. The summed E-state index contributed by atoms with van der Waals surface area (Å²) in [5.74, 6) is 0. The van der Waals surface area contributed by atoms with E-state index < -0.39 is 10.1 Å². The van der Waals surface area contributed by atoms with Gasteiger partial charge in [-0.25, -0.2) is 0 Å². The SMILES string of the molecule is O=S(=O)(O)c1ccccc1.[CH2-]CCCCCCCCC.[Na+]. The summed E-state index contributed by atoms with van der Waals surface area (Å²) in [6.07, 6.45) is 10.9. The van der Waals surface area contributed by atoms with E-state index in [2.05, 4.69) is 13.8 Å². The molecule has 0 unspecified atom stereocenters. The maximum Gasteiger partial charge on any atom is 1.00 e. The largest absolute Gasteiger partial charge is 1.00 e. The third-order valence-corrected chi connectivity index (χ3v) is 3.76. The Kier molecular flexibility index (Phi) is 16.8. The molecule has 21 heavy (non-hydrogen) atoms. The minimum Gasteiger partial charge on any atom is -0.343 e. The first-order valence-corrected chi connectivity index (χ1v) is 8.78. The van der Waals surface area contributed by atoms with Gasteiger partial charge in [0.1, 0.15) is 0 Å². The molecule has 5 heteroatoms. The Balaban J connectivity index is 0. The Morgan fingerprint density at radius 2 is 1.43 bits per heavy atom. The Labute approximate surface area is 152 Å². The quantitative estimate of drug-likeness (QED) is 0.344. The molecule has 0 bridgehead atoms. The number of rotatable bonds is 8. The van der Waals surface area contributed by atoms with E-state index in [-0.39, 0.29) is 34.5 Å². The van der Waals surface area contributed by atoms with Gasteiger partial charge in [-0.1, -0.05) is 70.1 Å². The number of unbranched alkanes of at least 4 members (excludes halogenated alkanes) is 7. The fourth-order valence-corrected chi connectivity index (χ4v) is 2.23. The second-order valence-corrected chi connectivity index (χ2v) is 6.18. The average molecular weight is 322 g/mol. The summed E-state index contributed by atoms with van der Waals surface area (Å²) >= 11 is 0. The minimum absolute atomic E-state index is 0. The van der Waals surface area contributed by atoms with Gasteiger partial charge in [-0.3, -0.25) is 4.55 Å². The first-order chi connectivity index (χ1) is 9.52. The third-order valence-electron chi connectivity index (χ3n) is 2.89. The molecule has 0 aliphatic heterocycles. The van der Waals surface area contributed by atoms with E-state index in [9.17, 15) is 8.42 Å². The smallest absolute Gasteiger partial charge is 0.343 e. The van der Waals surface area contributed by atoms with Crippen LogP contribution in [0.3, 0.4) is 0 Å². The van der Waals surface area contributed by atoms with Crippen molar-refractivity contribution < 1.29 is 42.5 Å². The molecule has 0 spiro atoms. The summed E-state index contributed by atoms with van der Waals surface area (Å²) in [5.41, 5.74) is 0. The first-order valence-electron chi connectivity index (χ1n) is 7.34. The van der Waals surface area contributed by atoms with Gasteiger partial charge in [0.15, 0.2) is 0 Å². The van der Waals surface area contributed by atoms with Crippen LogP contribution < -0.4 is 29.6 Å². The van der Waals surface area contributed by atoms with Gasteiger partial charge in [-0.2, -0.15) is 14.8 Å². The zero-order chi connectivity index (χ0) is 15.3. The molecule has 116 valence electrons. The molecule has 0 radical (unpaired) electrons. The Morgan fingerprint density at radius 3 is 1.81 bits per heavy atom. The Morgan fingerprint density at radius 1 is 0.952 bits per heavy atom. The molecule has 3 nitrogen and oxygen atoms in total. The van der Waals surface area contributed by atoms with E-state index in [1.807, 2.05) is 0 Å². The van der Waals surface area contributed by atoms with E-state index in [1.54, 1.807) is 18.2 Å². The predicted octanol–water partition coefficient (Wildman–Crippen LogP) is 1.90. The normalized spacial score (nSPS) is 10.2. The van der Waals surface area contributed by atoms with Crippen molar-refractivity contribution in [3.63, 3.8) is 0 Å². The molecule has 1 aromatic rings. The van der Waals surface area contributed by atoms with Crippen LogP contribution in [0.5, 0.6) is 0 Å². The van der Waals surface area contributed by atoms with Crippen molar-refractivity contribution in [3.8, 4) is 0 Å². The predicted molar refractivity (Wildman–Crippen MR) is 84.2 cm³/mol. The van der Waals surface area contributed by atoms with E-state index in [1.165, 1.54) is 57.1 Å². The second kappa shape index (κ2) is 15.0. The van der Waals surface area contributed by atoms with Gasteiger partial charge in [-0.15, -0.1) is 0 Å². The molecule has 0 amide bonds. The summed E-state index contributed by atoms with van der Waals surface area (Å²) in [7, 11) is -4.00. The van der Waals surface area contributed by atoms with Crippen LogP contribution >= 0.6 is 0 Å². The van der Waals surface area contributed by atoms with Crippen molar-refractivity contribution >= 4 is 10.1 Å². The van der Waals surface area contributed by atoms with Gasteiger partial charge < -0.3 is 6.92 Å². The van der Waals surface area contributed by atoms with Crippen molar-refractivity contribution in [3.05, 3.63) is 37.3 Å². The van der Waals surface area contributed by atoms with E-state index in [4.69, 9.17) is 4.55 Å². The topological polar surface area (TPSA) is 54.4 Å². The first kappa shape index (κ1) is 23.4. The molecule has 1 N–H and O–H groups in total. The third kappa shape index (κ3) is 14.8. The van der Waals surface area contributed by atoms with E-state index >= 15 is 0 Å². The number of benzene rings is 1. The van der Waals surface area contributed by atoms with Gasteiger partial charge in [0, 0.05) is 0 Å². The molecule has 0 aromatic heterocycles. The monoisotopic (exact) mass is 322 g/mol. The van der Waals surface area contributed by atoms with Crippen LogP contribution in [0.4, 0.5) is 0 Å². The molecule has 0 aliphatic carbocycles. The van der Waals surface area contributed by atoms with E-state index in [0.717, 1.165) is 6.42 Å². The van der Waals surface area contributed by atoms with Gasteiger partial charge in [0.2, 0.25) is 0 Å². The van der Waals surface area contributed by atoms with Gasteiger partial charge in [-0.05, 0) is 12.1 Å². The molecule has 0 heterocycles. The van der Waals surface area contributed by atoms with Crippen LogP contribution in [0.25, 0.3) is 0 Å². The van der Waals surface area contributed by atoms with Crippen LogP contribution in [-0.2, 0) is 10.1 Å². The molecular weight excluding hydrogens is 295 g/mol. The summed E-state index contributed by atoms with van der Waals surface area (Å²) in [6.45, 7) is 6.08. The Bertz CT molecular complexity index is 410. The van der Waals surface area contributed by atoms with Gasteiger partial charge in [0.05, 0.1) is 4.90 Å². The second-order valence-electron chi connectivity index (χ2n) is 4.76. The van der Waals surface area contributed by atoms with Crippen molar-refractivity contribution in [2.75, 3.05) is 0 Å². The maximum atomic E-state index is 10.4. The molecule has 0 aliphatic rings. The molecule has 0 atom stereocenters. The zero-order valence-corrected chi connectivity index (χ0v) is 16.2. The number of hydrogen-bond acceptors (Lipinski definition) is 2. The molecule has 1 aromatic carbocycles. The van der Waals surface area contributed by atoms with Gasteiger partial charge >= 0.3 is 29.6 Å². The molecule has 0 saturated carbocycles. The summed E-state index contributed by atoms with van der Waals surface area (Å²) in [5, 5.41) is 0. The molecular formula is C16H27NaO3S. The maximum absolute atomic E-state index is 10.4. The van der Waals surface area contributed by atoms with Crippen LogP contribution in [0.2, 0.25) is 0 Å². The van der Waals surface area contributed by atoms with Crippen LogP contribution in [-0.4, -0.2) is 13.0 Å². The van der Waals surface area contributed by atoms with Crippen molar-refractivity contribution in [2.45, 2.75) is 63.2 Å². The van der Waals surface area contributed by atoms with Crippen molar-refractivity contribution in [1.82, 2.24) is 0 Å². The van der Waals surface area contributed by atoms with Crippen LogP contribution in [0.1, 0.15) is 58.3 Å². The molecule has 0 saturated heterocycles. The van der Waals surface area contributed by atoms with E-state index in [0.29, 0.717) is 0 Å². The summed E-state index contributed by atoms with van der Waals surface area (Å²) in [4.78, 5) is -0.0741. The molecule has 0 fully saturated rings. The summed E-state index contributed by atoms with van der Waals surface area (Å²) in [6, 6.07) is 7.42. The van der Waals surface area contributed by atoms with Crippen molar-refractivity contribution in [2.24, 2.45) is 0 Å². The fourth-order valence-electron chi connectivity index (χ4n) is 1.73. The fraction of sp³-hybridized carbons (Fsp3) is 0.562.